The predicted octanol–water partition coefficient (Wildman–Crippen LogP) is 3.93. The summed E-state index contributed by atoms with van der Waals surface area (Å²) in [5.41, 5.74) is 2.97. The molecule has 4 rings (SSSR count). The van der Waals surface area contributed by atoms with Gasteiger partial charge in [-0.1, -0.05) is 24.5 Å². The fraction of sp³-hybridized carbons (Fsp3) is 0.615. The van der Waals surface area contributed by atoms with Crippen LogP contribution in [0.3, 0.4) is 0 Å². The highest BCUT2D eigenvalue weighted by Gasteiger charge is 2.27. The maximum Gasteiger partial charge on any atom is 0.240 e. The van der Waals surface area contributed by atoms with Crippen molar-refractivity contribution in [1.82, 2.24) is 9.62 Å². The first kappa shape index (κ1) is 24.9. The van der Waals surface area contributed by atoms with Gasteiger partial charge in [-0.2, -0.15) is 0 Å². The van der Waals surface area contributed by atoms with Gasteiger partial charge >= 0.3 is 0 Å². The van der Waals surface area contributed by atoms with E-state index in [-0.39, 0.29) is 29.6 Å². The average Bonchev–Trinajstić information content (AvgIpc) is 3.07. The number of hydrogen-bond acceptors (Lipinski definition) is 4. The molecule has 2 amide bonds. The van der Waals surface area contributed by atoms with Gasteiger partial charge in [-0.05, 0) is 75.1 Å². The van der Waals surface area contributed by atoms with Crippen molar-refractivity contribution in [3.05, 3.63) is 35.4 Å². The third-order valence-electron chi connectivity index (χ3n) is 7.19. The van der Waals surface area contributed by atoms with E-state index in [2.05, 4.69) is 10.8 Å². The van der Waals surface area contributed by atoms with E-state index in [1.165, 1.54) is 31.3 Å². The van der Waals surface area contributed by atoms with Crippen LogP contribution in [-0.2, 0) is 26.0 Å². The average molecular weight is 488 g/mol. The molecule has 1 saturated heterocycles. The van der Waals surface area contributed by atoms with Crippen LogP contribution in [-0.4, -0.2) is 51.3 Å². The highest BCUT2D eigenvalue weighted by atomic mass is 32.2. The van der Waals surface area contributed by atoms with Gasteiger partial charge in [0.2, 0.25) is 21.8 Å². The van der Waals surface area contributed by atoms with Crippen LogP contribution < -0.4 is 9.62 Å². The quantitative estimate of drug-likeness (QED) is 0.563. The van der Waals surface area contributed by atoms with E-state index in [0.717, 1.165) is 56.4 Å². The smallest absolute Gasteiger partial charge is 0.240 e. The second-order valence-corrected chi connectivity index (χ2v) is 11.4. The number of sulfonamides is 1. The number of anilines is 1. The summed E-state index contributed by atoms with van der Waals surface area (Å²) >= 11 is 0. The summed E-state index contributed by atoms with van der Waals surface area (Å²) in [5, 5.41) is 0. The molecule has 7 nitrogen and oxygen atoms in total. The van der Waals surface area contributed by atoms with Gasteiger partial charge in [0.05, 0.1) is 4.90 Å². The summed E-state index contributed by atoms with van der Waals surface area (Å²) in [6.07, 6.45) is 13.0. The number of benzene rings is 1. The fourth-order valence-electron chi connectivity index (χ4n) is 5.19. The number of carbonyl (C=O) groups excluding carboxylic acids is 2. The second-order valence-electron chi connectivity index (χ2n) is 9.64. The maximum atomic E-state index is 12.9. The largest absolute Gasteiger partial charge is 0.343 e. The Hall–Kier alpha value is -2.19. The van der Waals surface area contributed by atoms with E-state index in [1.54, 1.807) is 23.1 Å². The normalized spacial score (nSPS) is 18.9. The lowest BCUT2D eigenvalue weighted by molar-refractivity contribution is -0.133. The number of allylic oxidation sites excluding steroid dienone is 1. The standard InChI is InChI=1S/C26H37N3O4S/c30-25(28-17-6-1-2-7-18-28)12-13-26(31)29-19-15-22-20-23(10-11-24(22)29)34(32,33)27-16-14-21-8-4-3-5-9-21/h8,10-11,20,27H,1-7,9,12-19H2. The molecule has 0 radical (unpaired) electrons. The van der Waals surface area contributed by atoms with Gasteiger partial charge in [0, 0.05) is 44.7 Å². The number of fused-ring (bicyclic) bond motifs is 1. The van der Waals surface area contributed by atoms with Crippen molar-refractivity contribution in [1.29, 1.82) is 0 Å². The van der Waals surface area contributed by atoms with Crippen LogP contribution >= 0.6 is 0 Å². The Bertz CT molecular complexity index is 1030. The molecule has 0 bridgehead atoms. The monoisotopic (exact) mass is 487 g/mol. The Morgan fingerprint density at radius 3 is 2.38 bits per heavy atom. The first-order valence-corrected chi connectivity index (χ1v) is 14.3. The fourth-order valence-corrected chi connectivity index (χ4v) is 6.27. The van der Waals surface area contributed by atoms with Crippen molar-refractivity contribution in [2.24, 2.45) is 0 Å². The Balaban J connectivity index is 1.31. The second kappa shape index (κ2) is 11.5. The predicted molar refractivity (Wildman–Crippen MR) is 133 cm³/mol. The molecule has 1 aromatic rings. The Morgan fingerprint density at radius 2 is 1.65 bits per heavy atom. The van der Waals surface area contributed by atoms with Crippen molar-refractivity contribution in [3.8, 4) is 0 Å². The van der Waals surface area contributed by atoms with Crippen molar-refractivity contribution in [3.63, 3.8) is 0 Å². The zero-order valence-electron chi connectivity index (χ0n) is 20.1. The van der Waals surface area contributed by atoms with Crippen molar-refractivity contribution in [2.45, 2.75) is 81.9 Å². The number of likely N-dealkylation sites (tertiary alicyclic amines) is 1. The van der Waals surface area contributed by atoms with Gasteiger partial charge in [0.1, 0.15) is 0 Å². The molecule has 2 aliphatic heterocycles. The molecule has 2 heterocycles. The molecule has 0 atom stereocenters. The third kappa shape index (κ3) is 6.27. The van der Waals surface area contributed by atoms with E-state index in [1.807, 2.05) is 4.90 Å². The summed E-state index contributed by atoms with van der Waals surface area (Å²) in [7, 11) is -3.59. The number of rotatable bonds is 8. The molecule has 3 aliphatic rings. The van der Waals surface area contributed by atoms with Gasteiger partial charge in [0.15, 0.2) is 0 Å². The summed E-state index contributed by atoms with van der Waals surface area (Å²) in [6.45, 7) is 2.52. The Morgan fingerprint density at radius 1 is 0.882 bits per heavy atom. The van der Waals surface area contributed by atoms with Gasteiger partial charge in [0.25, 0.3) is 0 Å². The van der Waals surface area contributed by atoms with Crippen molar-refractivity contribution in [2.75, 3.05) is 31.1 Å². The van der Waals surface area contributed by atoms with Crippen LogP contribution in [0, 0.1) is 0 Å². The summed E-state index contributed by atoms with van der Waals surface area (Å²) in [6, 6.07) is 5.00. The molecule has 186 valence electrons. The minimum Gasteiger partial charge on any atom is -0.343 e. The van der Waals surface area contributed by atoms with Gasteiger partial charge in [-0.15, -0.1) is 0 Å². The molecule has 1 aromatic carbocycles. The first-order chi connectivity index (χ1) is 16.4. The SMILES string of the molecule is O=C(CCC(=O)N1CCc2cc(S(=O)(=O)NCCC3=CCCCC3)ccc21)N1CCCCCC1. The summed E-state index contributed by atoms with van der Waals surface area (Å²) in [5.74, 6) is -0.0115. The van der Waals surface area contributed by atoms with E-state index < -0.39 is 10.0 Å². The topological polar surface area (TPSA) is 86.8 Å². The number of carbonyl (C=O) groups is 2. The van der Waals surface area contributed by atoms with Crippen LogP contribution in [0.1, 0.15) is 76.2 Å². The number of nitrogens with zero attached hydrogens (tertiary/aromatic N) is 2. The van der Waals surface area contributed by atoms with E-state index in [9.17, 15) is 18.0 Å². The van der Waals surface area contributed by atoms with Crippen LogP contribution in [0.2, 0.25) is 0 Å². The number of amides is 2. The lowest BCUT2D eigenvalue weighted by Gasteiger charge is -2.21. The maximum absolute atomic E-state index is 12.9. The molecular formula is C26H37N3O4S. The van der Waals surface area contributed by atoms with Crippen molar-refractivity contribution < 1.29 is 18.0 Å². The van der Waals surface area contributed by atoms with E-state index in [0.29, 0.717) is 19.5 Å². The number of nitrogens with one attached hydrogen (secondary N) is 1. The lowest BCUT2D eigenvalue weighted by atomic mass is 9.97. The van der Waals surface area contributed by atoms with Crippen LogP contribution in [0.5, 0.6) is 0 Å². The molecule has 0 spiro atoms. The molecule has 0 aromatic heterocycles. The van der Waals surface area contributed by atoms with Gasteiger partial charge < -0.3 is 9.80 Å². The lowest BCUT2D eigenvalue weighted by Crippen LogP contribution is -2.34. The number of hydrogen-bond donors (Lipinski definition) is 1. The van der Waals surface area contributed by atoms with Crippen molar-refractivity contribution >= 4 is 27.5 Å². The van der Waals surface area contributed by atoms with Crippen LogP contribution in [0.25, 0.3) is 0 Å². The van der Waals surface area contributed by atoms with E-state index in [4.69, 9.17) is 0 Å². The zero-order chi connectivity index (χ0) is 24.0. The molecular weight excluding hydrogens is 450 g/mol. The molecule has 34 heavy (non-hydrogen) atoms. The molecule has 1 N–H and O–H groups in total. The summed E-state index contributed by atoms with van der Waals surface area (Å²) < 4.78 is 28.3. The minimum atomic E-state index is -3.59. The summed E-state index contributed by atoms with van der Waals surface area (Å²) in [4.78, 5) is 29.2. The Kier molecular flexibility index (Phi) is 8.42. The molecule has 1 aliphatic carbocycles. The van der Waals surface area contributed by atoms with Crippen LogP contribution in [0.15, 0.2) is 34.7 Å². The molecule has 8 heteroatoms. The van der Waals surface area contributed by atoms with Gasteiger partial charge in [-0.25, -0.2) is 13.1 Å². The highest BCUT2D eigenvalue weighted by Crippen LogP contribution is 2.31. The van der Waals surface area contributed by atoms with Gasteiger partial charge in [-0.3, -0.25) is 9.59 Å². The third-order valence-corrected chi connectivity index (χ3v) is 8.65. The van der Waals surface area contributed by atoms with E-state index >= 15 is 0 Å². The molecule has 0 unspecified atom stereocenters. The Labute approximate surface area is 203 Å². The molecule has 0 saturated carbocycles. The van der Waals surface area contributed by atoms with Crippen LogP contribution in [0.4, 0.5) is 5.69 Å². The first-order valence-electron chi connectivity index (χ1n) is 12.8. The molecule has 1 fully saturated rings. The zero-order valence-corrected chi connectivity index (χ0v) is 20.9. The minimum absolute atomic E-state index is 0.0613. The highest BCUT2D eigenvalue weighted by molar-refractivity contribution is 7.89.